The minimum absolute atomic E-state index is 0.332. The molecule has 1 N–H and O–H groups in total. The molecule has 4 nitrogen and oxygen atoms in total. The van der Waals surface area contributed by atoms with Crippen LogP contribution in [0, 0.1) is 0 Å². The van der Waals surface area contributed by atoms with Crippen LogP contribution in [-0.4, -0.2) is 30.0 Å². The van der Waals surface area contributed by atoms with Gasteiger partial charge >= 0.3 is 0 Å². The van der Waals surface area contributed by atoms with Gasteiger partial charge in [0.2, 0.25) is 0 Å². The van der Waals surface area contributed by atoms with E-state index in [1.54, 1.807) is 0 Å². The SMILES string of the molecule is CCC(O)C(OCc1ccccc1)C(COCc1ccccc1)OCc1ccccc1. The molecule has 0 heterocycles. The van der Waals surface area contributed by atoms with Crippen molar-refractivity contribution in [3.05, 3.63) is 108 Å². The molecule has 3 rings (SSSR count). The summed E-state index contributed by atoms with van der Waals surface area (Å²) in [6, 6.07) is 30.0. The molecular formula is C27H32O4. The lowest BCUT2D eigenvalue weighted by Gasteiger charge is -2.31. The highest BCUT2D eigenvalue weighted by Crippen LogP contribution is 2.18. The van der Waals surface area contributed by atoms with Crippen LogP contribution in [0.25, 0.3) is 0 Å². The second kappa shape index (κ2) is 13.0. The standard InChI is InChI=1S/C27H32O4/c1-2-25(28)27(31-20-24-16-10-5-11-17-24)26(30-19-23-14-8-4-9-15-23)21-29-18-22-12-6-3-7-13-22/h3-17,25-28H,2,18-21H2,1H3. The molecule has 31 heavy (non-hydrogen) atoms. The van der Waals surface area contributed by atoms with Gasteiger partial charge in [-0.3, -0.25) is 0 Å². The Morgan fingerprint density at radius 3 is 1.58 bits per heavy atom. The van der Waals surface area contributed by atoms with Crippen molar-refractivity contribution in [1.29, 1.82) is 0 Å². The van der Waals surface area contributed by atoms with Crippen molar-refractivity contribution in [2.24, 2.45) is 0 Å². The van der Waals surface area contributed by atoms with Gasteiger partial charge in [-0.2, -0.15) is 0 Å². The maximum Gasteiger partial charge on any atom is 0.112 e. The van der Waals surface area contributed by atoms with Crippen LogP contribution in [-0.2, 0) is 34.0 Å². The fourth-order valence-electron chi connectivity index (χ4n) is 3.35. The van der Waals surface area contributed by atoms with Crippen molar-refractivity contribution in [1.82, 2.24) is 0 Å². The molecule has 0 aliphatic carbocycles. The second-order valence-electron chi connectivity index (χ2n) is 7.57. The predicted octanol–water partition coefficient (Wildman–Crippen LogP) is 5.14. The Morgan fingerprint density at radius 2 is 1.10 bits per heavy atom. The van der Waals surface area contributed by atoms with Crippen LogP contribution in [0.4, 0.5) is 0 Å². The maximum atomic E-state index is 10.7. The Kier molecular flexibility index (Phi) is 9.74. The normalized spacial score (nSPS) is 14.1. The maximum absolute atomic E-state index is 10.7. The minimum Gasteiger partial charge on any atom is -0.390 e. The average molecular weight is 421 g/mol. The van der Waals surface area contributed by atoms with Gasteiger partial charge in [-0.15, -0.1) is 0 Å². The molecule has 0 aliphatic heterocycles. The van der Waals surface area contributed by atoms with Crippen molar-refractivity contribution in [3.63, 3.8) is 0 Å². The lowest BCUT2D eigenvalue weighted by atomic mass is 10.1. The number of hydrogen-bond donors (Lipinski definition) is 1. The molecule has 3 unspecified atom stereocenters. The van der Waals surface area contributed by atoms with Crippen LogP contribution in [0.5, 0.6) is 0 Å². The molecule has 0 spiro atoms. The molecule has 0 fully saturated rings. The molecule has 0 aromatic heterocycles. The number of rotatable bonds is 13. The van der Waals surface area contributed by atoms with Crippen LogP contribution in [0.3, 0.4) is 0 Å². The third-order valence-electron chi connectivity index (χ3n) is 5.15. The monoisotopic (exact) mass is 420 g/mol. The van der Waals surface area contributed by atoms with E-state index in [1.807, 2.05) is 97.9 Å². The third-order valence-corrected chi connectivity index (χ3v) is 5.15. The highest BCUT2D eigenvalue weighted by Gasteiger charge is 2.30. The largest absolute Gasteiger partial charge is 0.390 e. The molecule has 0 radical (unpaired) electrons. The van der Waals surface area contributed by atoms with Gasteiger partial charge in [0.05, 0.1) is 32.5 Å². The Labute approximate surface area is 185 Å². The zero-order valence-electron chi connectivity index (χ0n) is 18.1. The topological polar surface area (TPSA) is 47.9 Å². The average Bonchev–Trinajstić information content (AvgIpc) is 2.84. The van der Waals surface area contributed by atoms with Crippen LogP contribution in [0.15, 0.2) is 91.0 Å². The smallest absolute Gasteiger partial charge is 0.112 e. The minimum atomic E-state index is -0.648. The first-order valence-electron chi connectivity index (χ1n) is 10.9. The summed E-state index contributed by atoms with van der Waals surface area (Å²) in [4.78, 5) is 0. The molecule has 0 saturated carbocycles. The second-order valence-corrected chi connectivity index (χ2v) is 7.57. The van der Waals surface area contributed by atoms with Crippen LogP contribution in [0.1, 0.15) is 30.0 Å². The van der Waals surface area contributed by atoms with Gasteiger partial charge in [-0.1, -0.05) is 97.9 Å². The summed E-state index contributed by atoms with van der Waals surface area (Å²) in [6.07, 6.45) is -0.972. The molecule has 0 amide bonds. The Balaban J connectivity index is 1.67. The molecule has 164 valence electrons. The van der Waals surface area contributed by atoms with E-state index in [0.29, 0.717) is 32.8 Å². The van der Waals surface area contributed by atoms with E-state index in [2.05, 4.69) is 0 Å². The zero-order valence-corrected chi connectivity index (χ0v) is 18.1. The van der Waals surface area contributed by atoms with Gasteiger partial charge in [0.25, 0.3) is 0 Å². The van der Waals surface area contributed by atoms with E-state index in [1.165, 1.54) is 0 Å². The predicted molar refractivity (Wildman–Crippen MR) is 122 cm³/mol. The Morgan fingerprint density at radius 1 is 0.645 bits per heavy atom. The summed E-state index contributed by atoms with van der Waals surface area (Å²) in [5, 5.41) is 10.7. The van der Waals surface area contributed by atoms with E-state index >= 15 is 0 Å². The molecular weight excluding hydrogens is 388 g/mol. The lowest BCUT2D eigenvalue weighted by molar-refractivity contribution is -0.153. The summed E-state index contributed by atoms with van der Waals surface area (Å²) in [5.74, 6) is 0. The quantitative estimate of drug-likeness (QED) is 0.416. The number of hydrogen-bond acceptors (Lipinski definition) is 4. The highest BCUT2D eigenvalue weighted by atomic mass is 16.6. The van der Waals surface area contributed by atoms with Gasteiger partial charge in [-0.25, -0.2) is 0 Å². The molecule has 4 heteroatoms. The van der Waals surface area contributed by atoms with Gasteiger partial charge in [-0.05, 0) is 23.1 Å². The van der Waals surface area contributed by atoms with Crippen LogP contribution < -0.4 is 0 Å². The fraction of sp³-hybridized carbons (Fsp3) is 0.333. The molecule has 3 aromatic rings. The van der Waals surface area contributed by atoms with E-state index in [9.17, 15) is 5.11 Å². The van der Waals surface area contributed by atoms with Crippen LogP contribution in [0.2, 0.25) is 0 Å². The van der Waals surface area contributed by atoms with Crippen molar-refractivity contribution < 1.29 is 19.3 Å². The molecule has 3 atom stereocenters. The van der Waals surface area contributed by atoms with Crippen molar-refractivity contribution in [2.75, 3.05) is 6.61 Å². The summed E-state index contributed by atoms with van der Waals surface area (Å²) >= 11 is 0. The summed E-state index contributed by atoms with van der Waals surface area (Å²) in [7, 11) is 0. The molecule has 0 bridgehead atoms. The summed E-state index contributed by atoms with van der Waals surface area (Å²) in [5.41, 5.74) is 3.23. The highest BCUT2D eigenvalue weighted by molar-refractivity contribution is 5.15. The van der Waals surface area contributed by atoms with Crippen molar-refractivity contribution >= 4 is 0 Å². The van der Waals surface area contributed by atoms with Gasteiger partial charge < -0.3 is 19.3 Å². The van der Waals surface area contributed by atoms with E-state index < -0.39 is 18.3 Å². The van der Waals surface area contributed by atoms with Crippen molar-refractivity contribution in [3.8, 4) is 0 Å². The third kappa shape index (κ3) is 7.93. The molecule has 3 aromatic carbocycles. The Hall–Kier alpha value is -2.50. The van der Waals surface area contributed by atoms with E-state index in [4.69, 9.17) is 14.2 Å². The molecule has 0 aliphatic rings. The first kappa shape index (κ1) is 23.2. The zero-order chi connectivity index (χ0) is 21.7. The van der Waals surface area contributed by atoms with Gasteiger partial charge in [0, 0.05) is 0 Å². The van der Waals surface area contributed by atoms with Crippen LogP contribution >= 0.6 is 0 Å². The lowest BCUT2D eigenvalue weighted by Crippen LogP contribution is -2.43. The number of aliphatic hydroxyl groups is 1. The number of aliphatic hydroxyl groups excluding tert-OH is 1. The van der Waals surface area contributed by atoms with Crippen molar-refractivity contribution in [2.45, 2.75) is 51.5 Å². The first-order valence-corrected chi connectivity index (χ1v) is 10.9. The van der Waals surface area contributed by atoms with E-state index in [0.717, 1.165) is 16.7 Å². The van der Waals surface area contributed by atoms with Gasteiger partial charge in [0.15, 0.2) is 0 Å². The summed E-state index contributed by atoms with van der Waals surface area (Å²) < 4.78 is 18.4. The number of benzene rings is 3. The fourth-order valence-corrected chi connectivity index (χ4v) is 3.35. The Bertz CT molecular complexity index is 839. The number of ether oxygens (including phenoxy) is 3. The van der Waals surface area contributed by atoms with Gasteiger partial charge in [0.1, 0.15) is 12.2 Å². The summed E-state index contributed by atoms with van der Waals surface area (Å²) in [6.45, 7) is 3.61. The van der Waals surface area contributed by atoms with E-state index in [-0.39, 0.29) is 0 Å². The first-order chi connectivity index (χ1) is 15.3. The molecule has 0 saturated heterocycles.